The Morgan fingerprint density at radius 2 is 1.71 bits per heavy atom. The third-order valence-electron chi connectivity index (χ3n) is 5.98. The first-order chi connectivity index (χ1) is 16.5. The van der Waals surface area contributed by atoms with Crippen molar-refractivity contribution in [1.29, 1.82) is 0 Å². The van der Waals surface area contributed by atoms with Gasteiger partial charge < -0.3 is 4.90 Å². The molecule has 180 valence electrons. The number of nitrogens with zero attached hydrogens (tertiary/aromatic N) is 4. The fourth-order valence-electron chi connectivity index (χ4n) is 3.90. The van der Waals surface area contributed by atoms with E-state index in [1.165, 1.54) is 28.5 Å². The van der Waals surface area contributed by atoms with Crippen LogP contribution in [0, 0.1) is 13.8 Å². The van der Waals surface area contributed by atoms with Gasteiger partial charge in [0.05, 0.1) is 5.75 Å². The van der Waals surface area contributed by atoms with E-state index in [1.54, 1.807) is 11.3 Å². The number of nitrogens with one attached hydrogen (secondary N) is 2. The van der Waals surface area contributed by atoms with Crippen LogP contribution >= 0.6 is 23.1 Å². The fraction of sp³-hybridized carbons (Fsp3) is 0.417. The molecule has 8 nitrogen and oxygen atoms in total. The van der Waals surface area contributed by atoms with E-state index < -0.39 is 0 Å². The lowest BCUT2D eigenvalue weighted by Crippen LogP contribution is -2.48. The maximum absolute atomic E-state index is 12.2. The van der Waals surface area contributed by atoms with Gasteiger partial charge in [0.1, 0.15) is 16.2 Å². The third-order valence-corrected chi connectivity index (χ3v) is 8.09. The van der Waals surface area contributed by atoms with Crippen LogP contribution in [-0.2, 0) is 16.1 Å². The zero-order valence-electron chi connectivity index (χ0n) is 19.5. The summed E-state index contributed by atoms with van der Waals surface area (Å²) in [5.41, 5.74) is 7.53. The van der Waals surface area contributed by atoms with E-state index in [4.69, 9.17) is 0 Å². The zero-order valence-corrected chi connectivity index (χ0v) is 21.2. The number of hydrogen-bond donors (Lipinski definition) is 2. The summed E-state index contributed by atoms with van der Waals surface area (Å²) in [6, 6.07) is 10.5. The quantitative estimate of drug-likeness (QED) is 0.280. The number of fused-ring (bicyclic) bond motifs is 1. The molecule has 0 atom stereocenters. The Labute approximate surface area is 208 Å². The normalized spacial score (nSPS) is 14.9. The summed E-state index contributed by atoms with van der Waals surface area (Å²) in [6.45, 7) is 9.62. The number of carbonyl (C=O) groups is 2. The van der Waals surface area contributed by atoms with Gasteiger partial charge in [-0.25, -0.2) is 9.97 Å². The number of thioether (sulfide) groups is 1. The number of hydrazine groups is 1. The summed E-state index contributed by atoms with van der Waals surface area (Å²) in [5, 5.41) is 1.80. The first-order valence-electron chi connectivity index (χ1n) is 11.4. The molecular formula is C24H30N6O2S2. The van der Waals surface area contributed by atoms with Crippen LogP contribution in [0.3, 0.4) is 0 Å². The van der Waals surface area contributed by atoms with Crippen molar-refractivity contribution in [1.82, 2.24) is 30.6 Å². The third kappa shape index (κ3) is 6.53. The van der Waals surface area contributed by atoms with E-state index in [1.807, 2.05) is 13.0 Å². The number of amides is 2. The molecule has 3 aromatic rings. The smallest absolute Gasteiger partial charge is 0.248 e. The Hall–Kier alpha value is -2.53. The van der Waals surface area contributed by atoms with Crippen molar-refractivity contribution >= 4 is 45.1 Å². The summed E-state index contributed by atoms with van der Waals surface area (Å²) in [4.78, 5) is 40.0. The minimum Gasteiger partial charge on any atom is -0.300 e. The molecule has 1 fully saturated rings. The van der Waals surface area contributed by atoms with Crippen molar-refractivity contribution in [2.24, 2.45) is 0 Å². The molecule has 1 aliphatic rings. The van der Waals surface area contributed by atoms with Gasteiger partial charge in [-0.3, -0.25) is 25.3 Å². The Balaban J connectivity index is 1.13. The molecule has 1 aromatic carbocycles. The number of piperazine rings is 1. The van der Waals surface area contributed by atoms with E-state index >= 15 is 0 Å². The number of aromatic nitrogens is 2. The average molecular weight is 499 g/mol. The van der Waals surface area contributed by atoms with Crippen molar-refractivity contribution in [3.8, 4) is 0 Å². The topological polar surface area (TPSA) is 90.5 Å². The van der Waals surface area contributed by atoms with Gasteiger partial charge in [-0.15, -0.1) is 11.3 Å². The average Bonchev–Trinajstić information content (AvgIpc) is 3.15. The molecule has 3 heterocycles. The Morgan fingerprint density at radius 1 is 1.00 bits per heavy atom. The molecule has 1 saturated heterocycles. The molecular weight excluding hydrogens is 468 g/mol. The highest BCUT2D eigenvalue weighted by Gasteiger charge is 2.18. The van der Waals surface area contributed by atoms with Gasteiger partial charge in [-0.1, -0.05) is 42.1 Å². The molecule has 10 heteroatoms. The summed E-state index contributed by atoms with van der Waals surface area (Å²) >= 11 is 2.98. The minimum atomic E-state index is -0.260. The molecule has 0 aliphatic carbocycles. The molecule has 0 unspecified atom stereocenters. The number of thiophene rings is 1. The first-order valence-corrected chi connectivity index (χ1v) is 13.2. The standard InChI is InChI=1S/C24H30N6O2S2/c1-17-18(2)34-24-22(17)23(25-16-26-24)33-15-21(32)28-27-20(31)8-9-29-10-12-30(13-11-29)14-19-6-4-3-5-7-19/h3-7,16H,8-15H2,1-2H3,(H,27,31)(H,28,32). The molecule has 2 N–H and O–H groups in total. The van der Waals surface area contributed by atoms with E-state index in [0.717, 1.165) is 53.5 Å². The maximum Gasteiger partial charge on any atom is 0.248 e. The predicted octanol–water partition coefficient (Wildman–Crippen LogP) is 2.76. The summed E-state index contributed by atoms with van der Waals surface area (Å²) < 4.78 is 0. The Morgan fingerprint density at radius 3 is 2.47 bits per heavy atom. The van der Waals surface area contributed by atoms with Crippen LogP contribution in [0.25, 0.3) is 10.2 Å². The lowest BCUT2D eigenvalue weighted by molar-refractivity contribution is -0.127. The lowest BCUT2D eigenvalue weighted by atomic mass is 10.2. The molecule has 34 heavy (non-hydrogen) atoms. The van der Waals surface area contributed by atoms with Crippen molar-refractivity contribution in [2.75, 3.05) is 38.5 Å². The van der Waals surface area contributed by atoms with Crippen LogP contribution in [0.1, 0.15) is 22.4 Å². The van der Waals surface area contributed by atoms with E-state index in [2.05, 4.69) is 61.8 Å². The van der Waals surface area contributed by atoms with E-state index in [0.29, 0.717) is 13.0 Å². The zero-order chi connectivity index (χ0) is 23.9. The molecule has 0 spiro atoms. The monoisotopic (exact) mass is 498 g/mol. The van der Waals surface area contributed by atoms with Gasteiger partial charge in [0.25, 0.3) is 0 Å². The van der Waals surface area contributed by atoms with Gasteiger partial charge in [-0.2, -0.15) is 0 Å². The van der Waals surface area contributed by atoms with Crippen molar-refractivity contribution in [3.05, 3.63) is 52.7 Å². The maximum atomic E-state index is 12.2. The highest BCUT2D eigenvalue weighted by Crippen LogP contribution is 2.34. The second kappa shape index (κ2) is 11.7. The van der Waals surface area contributed by atoms with Gasteiger partial charge in [0.2, 0.25) is 11.8 Å². The van der Waals surface area contributed by atoms with Gasteiger partial charge in [0, 0.05) is 56.0 Å². The van der Waals surface area contributed by atoms with Crippen molar-refractivity contribution in [3.63, 3.8) is 0 Å². The first kappa shape index (κ1) is 24.6. The second-order valence-electron chi connectivity index (χ2n) is 8.38. The van der Waals surface area contributed by atoms with Crippen LogP contribution in [0.2, 0.25) is 0 Å². The number of aryl methyl sites for hydroxylation is 2. The van der Waals surface area contributed by atoms with E-state index in [-0.39, 0.29) is 17.6 Å². The molecule has 0 bridgehead atoms. The summed E-state index contributed by atoms with van der Waals surface area (Å²) in [7, 11) is 0. The van der Waals surface area contributed by atoms with Crippen molar-refractivity contribution in [2.45, 2.75) is 31.8 Å². The largest absolute Gasteiger partial charge is 0.300 e. The minimum absolute atomic E-state index is 0.171. The highest BCUT2D eigenvalue weighted by molar-refractivity contribution is 8.00. The van der Waals surface area contributed by atoms with Gasteiger partial charge in [0.15, 0.2) is 0 Å². The van der Waals surface area contributed by atoms with Crippen molar-refractivity contribution < 1.29 is 9.59 Å². The van der Waals surface area contributed by atoms with Crippen LogP contribution in [0.5, 0.6) is 0 Å². The lowest BCUT2D eigenvalue weighted by Gasteiger charge is -2.34. The van der Waals surface area contributed by atoms with Gasteiger partial charge >= 0.3 is 0 Å². The van der Waals surface area contributed by atoms with Crippen LogP contribution in [-0.4, -0.2) is 70.1 Å². The fourth-order valence-corrected chi connectivity index (χ4v) is 5.82. The number of benzene rings is 1. The second-order valence-corrected chi connectivity index (χ2v) is 10.5. The molecule has 0 saturated carbocycles. The van der Waals surface area contributed by atoms with Crippen LogP contribution in [0.4, 0.5) is 0 Å². The molecule has 2 amide bonds. The molecule has 2 aromatic heterocycles. The van der Waals surface area contributed by atoms with E-state index in [9.17, 15) is 9.59 Å². The highest BCUT2D eigenvalue weighted by atomic mass is 32.2. The Bertz CT molecular complexity index is 1130. The predicted molar refractivity (Wildman–Crippen MR) is 137 cm³/mol. The summed E-state index contributed by atoms with van der Waals surface area (Å²) in [5.74, 6) is -0.271. The SMILES string of the molecule is Cc1sc2ncnc(SCC(=O)NNC(=O)CCN3CCN(Cc4ccccc4)CC3)c2c1C. The number of rotatable bonds is 8. The molecule has 1 aliphatic heterocycles. The summed E-state index contributed by atoms with van der Waals surface area (Å²) in [6.07, 6.45) is 1.88. The number of hydrogen-bond acceptors (Lipinski definition) is 8. The molecule has 0 radical (unpaired) electrons. The van der Waals surface area contributed by atoms with Gasteiger partial charge in [-0.05, 0) is 25.0 Å². The number of carbonyl (C=O) groups excluding carboxylic acids is 2. The van der Waals surface area contributed by atoms with Crippen LogP contribution in [0.15, 0.2) is 41.7 Å². The molecule has 4 rings (SSSR count). The van der Waals surface area contributed by atoms with Crippen LogP contribution < -0.4 is 10.9 Å². The Kier molecular flexibility index (Phi) is 8.49.